The Hall–Kier alpha value is -0.620. The molecule has 1 saturated heterocycles. The highest BCUT2D eigenvalue weighted by atomic mass is 16.7. The number of hydrogen-bond donors (Lipinski definition) is 6. The molecule has 5 fully saturated rings. The van der Waals surface area contributed by atoms with Crippen molar-refractivity contribution >= 4 is 0 Å². The van der Waals surface area contributed by atoms with Gasteiger partial charge in [-0.25, -0.2) is 0 Å². The number of allylic oxidation sites excluding steroid dienone is 1. The number of aliphatic hydroxyl groups is 6. The molecule has 0 amide bonds. The lowest BCUT2D eigenvalue weighted by Crippen LogP contribution is -2.70. The van der Waals surface area contributed by atoms with Crippen molar-refractivity contribution in [2.45, 2.75) is 149 Å². The molecule has 9 heteroatoms. The summed E-state index contributed by atoms with van der Waals surface area (Å²) in [7, 11) is 1.81. The Morgan fingerprint density at radius 3 is 2.17 bits per heavy atom. The summed E-state index contributed by atoms with van der Waals surface area (Å²) in [6, 6.07) is 0. The van der Waals surface area contributed by atoms with Crippen molar-refractivity contribution in [2.75, 3.05) is 20.3 Å². The van der Waals surface area contributed by atoms with E-state index in [-0.39, 0.29) is 58.7 Å². The molecule has 264 valence electrons. The van der Waals surface area contributed by atoms with Gasteiger partial charge in [0.15, 0.2) is 6.29 Å². The molecule has 6 aliphatic rings. The largest absolute Gasteiger partial charge is 0.396 e. The summed E-state index contributed by atoms with van der Waals surface area (Å²) in [4.78, 5) is 0. The molecule has 0 bridgehead atoms. The SMILES string of the molecule is CO[C@@H]1C=C2[C@@H]3CC(C)(C)CC[C@]3(CO)[C@@H](O)C[C@@]2(C)[C@]2(C)CC[C@H]3[C@](C)(CO)[C@@H](O[C@@H]4O[C@H](C)[C@H](O)[C@H](O)[C@H]4O)CC[C@]3(C)[C@@H]12. The monoisotopic (exact) mass is 650 g/mol. The van der Waals surface area contributed by atoms with E-state index in [9.17, 15) is 30.6 Å². The lowest BCUT2D eigenvalue weighted by atomic mass is 9.32. The van der Waals surface area contributed by atoms with Crippen molar-refractivity contribution in [2.24, 2.45) is 50.2 Å². The highest BCUT2D eigenvalue weighted by molar-refractivity contribution is 5.37. The van der Waals surface area contributed by atoms with E-state index in [2.05, 4.69) is 47.6 Å². The van der Waals surface area contributed by atoms with E-state index >= 15 is 0 Å². The summed E-state index contributed by atoms with van der Waals surface area (Å²) in [6.07, 6.45) is 2.00. The average molecular weight is 651 g/mol. The van der Waals surface area contributed by atoms with Crippen molar-refractivity contribution in [1.82, 2.24) is 0 Å². The topological polar surface area (TPSA) is 149 Å². The standard InChI is InChI=1S/C37H62O9/c1-20-27(41)28(42)29(43)31(45-20)46-26-10-11-33(4)24(34(26,5)18-38)9-12-35(6)30(33)23(44-8)15-21-22-16-32(2,3)13-14-37(22,19-39)25(40)17-36(21,35)7/h15,20,22-31,38-43H,9-14,16-19H2,1-8H3/t20-,22+,23-,24-,25+,26+,27+,28+,29-,30-,31+,33+,34+,35-,36-,37-/m1/s1. The van der Waals surface area contributed by atoms with Crippen LogP contribution in [-0.2, 0) is 14.2 Å². The van der Waals surface area contributed by atoms with E-state index in [1.54, 1.807) is 6.92 Å². The third-order valence-electron chi connectivity index (χ3n) is 15.6. The van der Waals surface area contributed by atoms with Crippen LogP contribution in [0, 0.1) is 50.2 Å². The van der Waals surface area contributed by atoms with Gasteiger partial charge >= 0.3 is 0 Å². The zero-order valence-corrected chi connectivity index (χ0v) is 29.4. The Bertz CT molecular complexity index is 1190. The van der Waals surface area contributed by atoms with Gasteiger partial charge in [0.2, 0.25) is 0 Å². The van der Waals surface area contributed by atoms with Gasteiger partial charge in [-0.1, -0.05) is 53.2 Å². The second kappa shape index (κ2) is 11.5. The minimum Gasteiger partial charge on any atom is -0.396 e. The molecule has 6 rings (SSSR count). The highest BCUT2D eigenvalue weighted by Gasteiger charge is 2.72. The Balaban J connectivity index is 1.38. The first-order valence-electron chi connectivity index (χ1n) is 17.9. The molecule has 0 spiro atoms. The molecule has 16 atom stereocenters. The molecule has 5 aliphatic carbocycles. The molecule has 0 aromatic carbocycles. The van der Waals surface area contributed by atoms with Crippen molar-refractivity contribution in [3.8, 4) is 0 Å². The van der Waals surface area contributed by atoms with E-state index in [0.29, 0.717) is 12.8 Å². The average Bonchev–Trinajstić information content (AvgIpc) is 3.00. The molecule has 0 aromatic heterocycles. The third kappa shape index (κ3) is 4.65. The Labute approximate surface area is 275 Å². The lowest BCUT2D eigenvalue weighted by molar-refractivity contribution is -0.330. The number of rotatable bonds is 5. The van der Waals surface area contributed by atoms with Gasteiger partial charge in [-0.05, 0) is 91.8 Å². The molecule has 4 saturated carbocycles. The molecule has 1 heterocycles. The highest BCUT2D eigenvalue weighted by Crippen LogP contribution is 2.76. The van der Waals surface area contributed by atoms with Crippen molar-refractivity contribution < 1.29 is 44.8 Å². The number of methoxy groups -OCH3 is 1. The van der Waals surface area contributed by atoms with Crippen LogP contribution < -0.4 is 0 Å². The normalized spacial score (nSPS) is 56.6. The summed E-state index contributed by atoms with van der Waals surface area (Å²) in [5, 5.41) is 65.5. The van der Waals surface area contributed by atoms with Crippen LogP contribution in [0.15, 0.2) is 11.6 Å². The Morgan fingerprint density at radius 2 is 1.54 bits per heavy atom. The first-order valence-corrected chi connectivity index (χ1v) is 17.9. The predicted molar refractivity (Wildman–Crippen MR) is 172 cm³/mol. The van der Waals surface area contributed by atoms with Crippen LogP contribution in [0.25, 0.3) is 0 Å². The quantitative estimate of drug-likeness (QED) is 0.194. The lowest BCUT2D eigenvalue weighted by Gasteiger charge is -2.73. The second-order valence-corrected chi connectivity index (χ2v) is 18.2. The van der Waals surface area contributed by atoms with E-state index in [4.69, 9.17) is 14.2 Å². The fraction of sp³-hybridized carbons (Fsp3) is 0.946. The van der Waals surface area contributed by atoms with Gasteiger partial charge in [0.25, 0.3) is 0 Å². The number of aliphatic hydroxyl groups excluding tert-OH is 6. The van der Waals surface area contributed by atoms with Crippen LogP contribution in [0.3, 0.4) is 0 Å². The van der Waals surface area contributed by atoms with Gasteiger partial charge in [-0.15, -0.1) is 0 Å². The van der Waals surface area contributed by atoms with Gasteiger partial charge in [-0.3, -0.25) is 0 Å². The zero-order chi connectivity index (χ0) is 33.8. The third-order valence-corrected chi connectivity index (χ3v) is 15.6. The molecule has 6 N–H and O–H groups in total. The molecular formula is C37H62O9. The fourth-order valence-corrected chi connectivity index (χ4v) is 12.5. The predicted octanol–water partition coefficient (Wildman–Crippen LogP) is 3.56. The first kappa shape index (κ1) is 35.2. The molecule has 9 nitrogen and oxygen atoms in total. The minimum absolute atomic E-state index is 0.00959. The van der Waals surface area contributed by atoms with E-state index < -0.39 is 53.7 Å². The summed E-state index contributed by atoms with van der Waals surface area (Å²) in [5.74, 6) is 0.273. The van der Waals surface area contributed by atoms with Crippen LogP contribution in [0.4, 0.5) is 0 Å². The molecular weight excluding hydrogens is 588 g/mol. The zero-order valence-electron chi connectivity index (χ0n) is 29.4. The van der Waals surface area contributed by atoms with Crippen LogP contribution in [0.1, 0.15) is 99.8 Å². The van der Waals surface area contributed by atoms with Crippen LogP contribution >= 0.6 is 0 Å². The Kier molecular flexibility index (Phi) is 8.77. The summed E-state index contributed by atoms with van der Waals surface area (Å²) in [6.45, 7) is 15.4. The van der Waals surface area contributed by atoms with Crippen LogP contribution in [-0.4, -0.2) is 100.0 Å². The maximum Gasteiger partial charge on any atom is 0.186 e. The maximum atomic E-state index is 12.0. The van der Waals surface area contributed by atoms with Crippen LogP contribution in [0.5, 0.6) is 0 Å². The fourth-order valence-electron chi connectivity index (χ4n) is 12.5. The first-order chi connectivity index (χ1) is 21.4. The maximum absolute atomic E-state index is 12.0. The van der Waals surface area contributed by atoms with Crippen molar-refractivity contribution in [3.63, 3.8) is 0 Å². The summed E-state index contributed by atoms with van der Waals surface area (Å²) >= 11 is 0. The molecule has 0 aromatic rings. The van der Waals surface area contributed by atoms with E-state index in [1.807, 2.05) is 7.11 Å². The van der Waals surface area contributed by atoms with Gasteiger partial charge in [0.1, 0.15) is 18.3 Å². The van der Waals surface area contributed by atoms with Gasteiger partial charge < -0.3 is 44.8 Å². The molecule has 0 radical (unpaired) electrons. The molecule has 46 heavy (non-hydrogen) atoms. The minimum atomic E-state index is -1.40. The molecule has 0 unspecified atom stereocenters. The number of ether oxygens (including phenoxy) is 3. The van der Waals surface area contributed by atoms with Gasteiger partial charge in [-0.2, -0.15) is 0 Å². The van der Waals surface area contributed by atoms with Gasteiger partial charge in [0.05, 0.1) is 37.6 Å². The van der Waals surface area contributed by atoms with E-state index in [0.717, 1.165) is 38.5 Å². The number of hydrogen-bond acceptors (Lipinski definition) is 9. The van der Waals surface area contributed by atoms with Crippen molar-refractivity contribution in [1.29, 1.82) is 0 Å². The number of fused-ring (bicyclic) bond motifs is 7. The van der Waals surface area contributed by atoms with E-state index in [1.165, 1.54) is 5.57 Å². The van der Waals surface area contributed by atoms with Gasteiger partial charge in [0, 0.05) is 23.9 Å². The molecule has 1 aliphatic heterocycles. The smallest absolute Gasteiger partial charge is 0.186 e. The van der Waals surface area contributed by atoms with Crippen molar-refractivity contribution in [3.05, 3.63) is 11.6 Å². The summed E-state index contributed by atoms with van der Waals surface area (Å²) in [5.41, 5.74) is -0.407. The second-order valence-electron chi connectivity index (χ2n) is 18.2. The summed E-state index contributed by atoms with van der Waals surface area (Å²) < 4.78 is 18.8. The van der Waals surface area contributed by atoms with Crippen LogP contribution in [0.2, 0.25) is 0 Å². The Morgan fingerprint density at radius 1 is 0.848 bits per heavy atom.